The first kappa shape index (κ1) is 16.0. The Balaban J connectivity index is 0.00000180. The molecular weight excluding hydrogens is 260 g/mol. The standard InChI is InChI=1S/C15H22N2O.ClH/c1-3-12-10-13(7-6-11(12)2)17-14(18)15(16)8-4-5-9-15;/h6-7,10H,3-5,8-9,16H2,1-2H3,(H,17,18);1H. The first-order chi connectivity index (χ1) is 8.55. The number of hydrogen-bond donors (Lipinski definition) is 2. The molecule has 1 fully saturated rings. The molecule has 0 spiro atoms. The summed E-state index contributed by atoms with van der Waals surface area (Å²) in [6.07, 6.45) is 4.68. The van der Waals surface area contributed by atoms with E-state index in [1.165, 1.54) is 11.1 Å². The average molecular weight is 283 g/mol. The Kier molecular flexibility index (Phi) is 5.39. The lowest BCUT2D eigenvalue weighted by atomic mass is 9.97. The van der Waals surface area contributed by atoms with Crippen molar-refractivity contribution in [3.63, 3.8) is 0 Å². The highest BCUT2D eigenvalue weighted by atomic mass is 35.5. The van der Waals surface area contributed by atoms with E-state index in [2.05, 4.69) is 19.2 Å². The Bertz CT molecular complexity index is 453. The molecule has 3 N–H and O–H groups in total. The van der Waals surface area contributed by atoms with Crippen molar-refractivity contribution in [1.29, 1.82) is 0 Å². The molecule has 1 saturated carbocycles. The maximum Gasteiger partial charge on any atom is 0.244 e. The molecule has 0 radical (unpaired) electrons. The Morgan fingerprint density at radius 3 is 2.58 bits per heavy atom. The summed E-state index contributed by atoms with van der Waals surface area (Å²) >= 11 is 0. The topological polar surface area (TPSA) is 55.1 Å². The van der Waals surface area contributed by atoms with E-state index in [-0.39, 0.29) is 18.3 Å². The molecule has 1 amide bonds. The minimum Gasteiger partial charge on any atom is -0.324 e. The highest BCUT2D eigenvalue weighted by Gasteiger charge is 2.36. The fourth-order valence-corrected chi connectivity index (χ4v) is 2.62. The molecule has 1 aliphatic carbocycles. The molecule has 0 saturated heterocycles. The van der Waals surface area contributed by atoms with Gasteiger partial charge in [0, 0.05) is 5.69 Å². The number of hydrogen-bond acceptors (Lipinski definition) is 2. The normalized spacial score (nSPS) is 16.8. The second-order valence-electron chi connectivity index (χ2n) is 5.31. The molecule has 0 unspecified atom stereocenters. The van der Waals surface area contributed by atoms with Crippen molar-refractivity contribution in [2.45, 2.75) is 51.5 Å². The molecule has 19 heavy (non-hydrogen) atoms. The van der Waals surface area contributed by atoms with Crippen molar-refractivity contribution in [3.8, 4) is 0 Å². The lowest BCUT2D eigenvalue weighted by Gasteiger charge is -2.22. The third-order valence-electron chi connectivity index (χ3n) is 3.94. The fourth-order valence-electron chi connectivity index (χ4n) is 2.62. The number of aryl methyl sites for hydroxylation is 2. The molecule has 0 heterocycles. The summed E-state index contributed by atoms with van der Waals surface area (Å²) in [7, 11) is 0. The molecule has 0 atom stereocenters. The van der Waals surface area contributed by atoms with Crippen LogP contribution >= 0.6 is 12.4 Å². The number of carbonyl (C=O) groups is 1. The minimum atomic E-state index is -0.655. The van der Waals surface area contributed by atoms with Gasteiger partial charge < -0.3 is 11.1 Å². The molecule has 0 bridgehead atoms. The summed E-state index contributed by atoms with van der Waals surface area (Å²) in [6, 6.07) is 6.04. The SMILES string of the molecule is CCc1cc(NC(=O)C2(N)CCCC2)ccc1C.Cl. The van der Waals surface area contributed by atoms with Gasteiger partial charge >= 0.3 is 0 Å². The van der Waals surface area contributed by atoms with Gasteiger partial charge in [0.1, 0.15) is 0 Å². The van der Waals surface area contributed by atoms with Gasteiger partial charge in [-0.3, -0.25) is 4.79 Å². The van der Waals surface area contributed by atoms with Gasteiger partial charge in [0.2, 0.25) is 5.91 Å². The second-order valence-corrected chi connectivity index (χ2v) is 5.31. The third-order valence-corrected chi connectivity index (χ3v) is 3.94. The smallest absolute Gasteiger partial charge is 0.244 e. The van der Waals surface area contributed by atoms with E-state index in [1.807, 2.05) is 18.2 Å². The van der Waals surface area contributed by atoms with Crippen molar-refractivity contribution in [3.05, 3.63) is 29.3 Å². The highest BCUT2D eigenvalue weighted by Crippen LogP contribution is 2.28. The quantitative estimate of drug-likeness (QED) is 0.894. The van der Waals surface area contributed by atoms with Crippen molar-refractivity contribution in [2.75, 3.05) is 5.32 Å². The summed E-state index contributed by atoms with van der Waals surface area (Å²) in [5, 5.41) is 2.96. The first-order valence-electron chi connectivity index (χ1n) is 6.75. The lowest BCUT2D eigenvalue weighted by molar-refractivity contribution is -0.121. The molecule has 2 rings (SSSR count). The zero-order valence-electron chi connectivity index (χ0n) is 11.7. The Morgan fingerprint density at radius 2 is 2.00 bits per heavy atom. The number of halogens is 1. The number of benzene rings is 1. The molecule has 1 aromatic rings. The van der Waals surface area contributed by atoms with E-state index >= 15 is 0 Å². The van der Waals surface area contributed by atoms with Crippen LogP contribution in [0, 0.1) is 6.92 Å². The van der Waals surface area contributed by atoms with Gasteiger partial charge in [0.05, 0.1) is 5.54 Å². The molecule has 1 aromatic carbocycles. The summed E-state index contributed by atoms with van der Waals surface area (Å²) in [5.74, 6) is -0.0362. The van der Waals surface area contributed by atoms with Crippen molar-refractivity contribution in [2.24, 2.45) is 5.73 Å². The Hall–Kier alpha value is -1.06. The Morgan fingerprint density at radius 1 is 1.37 bits per heavy atom. The lowest BCUT2D eigenvalue weighted by Crippen LogP contribution is -2.48. The van der Waals surface area contributed by atoms with Crippen molar-refractivity contribution in [1.82, 2.24) is 0 Å². The molecule has 4 heteroatoms. The summed E-state index contributed by atoms with van der Waals surface area (Å²) in [4.78, 5) is 12.2. The van der Waals surface area contributed by atoms with Crippen LogP contribution in [-0.4, -0.2) is 11.4 Å². The number of anilines is 1. The zero-order chi connectivity index (χ0) is 13.2. The highest BCUT2D eigenvalue weighted by molar-refractivity contribution is 5.98. The van der Waals surface area contributed by atoms with E-state index in [0.717, 1.165) is 37.8 Å². The van der Waals surface area contributed by atoms with Gasteiger partial charge in [-0.05, 0) is 49.4 Å². The van der Waals surface area contributed by atoms with Crippen LogP contribution in [0.25, 0.3) is 0 Å². The molecule has 0 aliphatic heterocycles. The van der Waals surface area contributed by atoms with Crippen LogP contribution in [0.3, 0.4) is 0 Å². The monoisotopic (exact) mass is 282 g/mol. The number of nitrogens with one attached hydrogen (secondary N) is 1. The summed E-state index contributed by atoms with van der Waals surface area (Å²) in [6.45, 7) is 4.21. The van der Waals surface area contributed by atoms with Gasteiger partial charge in [-0.1, -0.05) is 25.8 Å². The fraction of sp³-hybridized carbons (Fsp3) is 0.533. The molecule has 106 valence electrons. The van der Waals surface area contributed by atoms with Crippen LogP contribution in [0.2, 0.25) is 0 Å². The second kappa shape index (κ2) is 6.40. The number of rotatable bonds is 3. The Labute approximate surface area is 121 Å². The maximum absolute atomic E-state index is 12.2. The van der Waals surface area contributed by atoms with Crippen molar-refractivity contribution < 1.29 is 4.79 Å². The van der Waals surface area contributed by atoms with Gasteiger partial charge in [-0.2, -0.15) is 0 Å². The van der Waals surface area contributed by atoms with Gasteiger partial charge in [-0.15, -0.1) is 12.4 Å². The van der Waals surface area contributed by atoms with Crippen LogP contribution in [0.1, 0.15) is 43.7 Å². The largest absolute Gasteiger partial charge is 0.324 e. The maximum atomic E-state index is 12.2. The van der Waals surface area contributed by atoms with E-state index in [4.69, 9.17) is 5.73 Å². The van der Waals surface area contributed by atoms with Crippen LogP contribution in [0.5, 0.6) is 0 Å². The average Bonchev–Trinajstić information content (AvgIpc) is 2.80. The summed E-state index contributed by atoms with van der Waals surface area (Å²) in [5.41, 5.74) is 8.88. The zero-order valence-corrected chi connectivity index (χ0v) is 12.5. The van der Waals surface area contributed by atoms with Crippen LogP contribution in [0.15, 0.2) is 18.2 Å². The summed E-state index contributed by atoms with van der Waals surface area (Å²) < 4.78 is 0. The first-order valence-corrected chi connectivity index (χ1v) is 6.75. The van der Waals surface area contributed by atoms with Gasteiger partial charge in [0.25, 0.3) is 0 Å². The van der Waals surface area contributed by atoms with E-state index in [9.17, 15) is 4.79 Å². The van der Waals surface area contributed by atoms with Crippen molar-refractivity contribution >= 4 is 24.0 Å². The van der Waals surface area contributed by atoms with Crippen LogP contribution < -0.4 is 11.1 Å². The van der Waals surface area contributed by atoms with Crippen LogP contribution in [-0.2, 0) is 11.2 Å². The van der Waals surface area contributed by atoms with E-state index in [0.29, 0.717) is 0 Å². The van der Waals surface area contributed by atoms with E-state index < -0.39 is 5.54 Å². The van der Waals surface area contributed by atoms with Gasteiger partial charge in [0.15, 0.2) is 0 Å². The molecule has 1 aliphatic rings. The minimum absolute atomic E-state index is 0. The van der Waals surface area contributed by atoms with E-state index in [1.54, 1.807) is 0 Å². The third kappa shape index (κ3) is 3.48. The molecular formula is C15H23ClN2O. The number of nitrogens with two attached hydrogens (primary N) is 1. The van der Waals surface area contributed by atoms with Crippen LogP contribution in [0.4, 0.5) is 5.69 Å². The molecule has 0 aromatic heterocycles. The number of amides is 1. The molecule has 3 nitrogen and oxygen atoms in total. The van der Waals surface area contributed by atoms with Gasteiger partial charge in [-0.25, -0.2) is 0 Å². The predicted octanol–water partition coefficient (Wildman–Crippen LogP) is 3.19. The predicted molar refractivity (Wildman–Crippen MR) is 81.8 cm³/mol. The number of carbonyl (C=O) groups excluding carboxylic acids is 1.